The fourth-order valence-electron chi connectivity index (χ4n) is 1.61. The summed E-state index contributed by atoms with van der Waals surface area (Å²) >= 11 is 2.29. The number of nitriles is 1. The minimum absolute atomic E-state index is 0.0331. The number of carbonyl (C=O) groups is 1. The van der Waals surface area contributed by atoms with Gasteiger partial charge in [-0.2, -0.15) is 5.26 Å². The van der Waals surface area contributed by atoms with Gasteiger partial charge >= 0.3 is 0 Å². The second-order valence-corrected chi connectivity index (χ2v) is 7.62. The Morgan fingerprint density at radius 2 is 1.60 bits per heavy atom. The van der Waals surface area contributed by atoms with Gasteiger partial charge in [-0.25, -0.2) is 0 Å². The van der Waals surface area contributed by atoms with Crippen LogP contribution in [0.3, 0.4) is 0 Å². The van der Waals surface area contributed by atoms with E-state index < -0.39 is 5.41 Å². The number of rotatable bonds is 1. The maximum absolute atomic E-state index is 12.3. The molecule has 4 nitrogen and oxygen atoms in total. The molecule has 1 aromatic rings. The molecule has 20 heavy (non-hydrogen) atoms. The van der Waals surface area contributed by atoms with E-state index in [0.717, 1.165) is 23.5 Å². The molecule has 2 N–H and O–H groups in total. The number of thioether (sulfide) groups is 2. The average molecular weight is 307 g/mol. The van der Waals surface area contributed by atoms with Gasteiger partial charge in [0.2, 0.25) is 0 Å². The van der Waals surface area contributed by atoms with E-state index in [9.17, 15) is 20.3 Å². The topological polar surface area (TPSA) is 81.3 Å². The van der Waals surface area contributed by atoms with Crippen molar-refractivity contribution in [3.63, 3.8) is 0 Å². The minimum Gasteiger partial charge on any atom is -0.507 e. The summed E-state index contributed by atoms with van der Waals surface area (Å²) in [4.78, 5) is 13.2. The van der Waals surface area contributed by atoms with E-state index in [0.29, 0.717) is 14.0 Å². The van der Waals surface area contributed by atoms with Gasteiger partial charge in [0.05, 0.1) is 14.0 Å². The quantitative estimate of drug-likeness (QED) is 0.468. The van der Waals surface area contributed by atoms with Gasteiger partial charge in [-0.05, 0) is 12.1 Å². The molecule has 1 aromatic carbocycles. The van der Waals surface area contributed by atoms with Crippen LogP contribution in [0.2, 0.25) is 0 Å². The van der Waals surface area contributed by atoms with Crippen LogP contribution >= 0.6 is 23.5 Å². The Kier molecular flexibility index (Phi) is 3.76. The van der Waals surface area contributed by atoms with Gasteiger partial charge in [-0.1, -0.05) is 44.3 Å². The van der Waals surface area contributed by atoms with E-state index in [4.69, 9.17) is 0 Å². The summed E-state index contributed by atoms with van der Waals surface area (Å²) in [6, 6.07) is 4.73. The number of phenols is 2. The van der Waals surface area contributed by atoms with Crippen LogP contribution in [-0.2, 0) is 4.79 Å². The molecule has 104 valence electrons. The molecule has 1 aliphatic heterocycles. The summed E-state index contributed by atoms with van der Waals surface area (Å²) in [7, 11) is 0. The van der Waals surface area contributed by atoms with Gasteiger partial charge in [-0.3, -0.25) is 4.79 Å². The van der Waals surface area contributed by atoms with Crippen molar-refractivity contribution in [1.29, 1.82) is 5.26 Å². The predicted octanol–water partition coefficient (Wildman–Crippen LogP) is 3.65. The van der Waals surface area contributed by atoms with E-state index in [1.807, 2.05) is 6.07 Å². The smallest absolute Gasteiger partial charge is 0.180 e. The zero-order valence-corrected chi connectivity index (χ0v) is 12.9. The molecule has 0 fully saturated rings. The lowest BCUT2D eigenvalue weighted by Gasteiger charge is -2.16. The highest BCUT2D eigenvalue weighted by molar-refractivity contribution is 8.24. The van der Waals surface area contributed by atoms with Crippen molar-refractivity contribution in [3.05, 3.63) is 21.9 Å². The molecule has 0 amide bonds. The first-order valence-electron chi connectivity index (χ1n) is 5.85. The molecule has 0 unspecified atom stereocenters. The van der Waals surface area contributed by atoms with Crippen LogP contribution in [0.5, 0.6) is 11.5 Å². The van der Waals surface area contributed by atoms with Crippen molar-refractivity contribution in [2.45, 2.75) is 30.6 Å². The third-order valence-corrected chi connectivity index (χ3v) is 5.33. The third kappa shape index (κ3) is 2.51. The predicted molar refractivity (Wildman–Crippen MR) is 78.6 cm³/mol. The molecular weight excluding hydrogens is 294 g/mol. The van der Waals surface area contributed by atoms with E-state index in [-0.39, 0.29) is 22.9 Å². The Morgan fingerprint density at radius 3 is 1.95 bits per heavy atom. The van der Waals surface area contributed by atoms with Gasteiger partial charge in [0.25, 0.3) is 0 Å². The number of aromatic hydroxyl groups is 2. The average Bonchev–Trinajstić information content (AvgIpc) is 2.80. The fraction of sp³-hybridized carbons (Fsp3) is 0.286. The van der Waals surface area contributed by atoms with E-state index in [1.165, 1.54) is 12.1 Å². The van der Waals surface area contributed by atoms with Crippen LogP contribution in [0.15, 0.2) is 31.7 Å². The maximum Gasteiger partial charge on any atom is 0.180 e. The van der Waals surface area contributed by atoms with Gasteiger partial charge in [-0.15, -0.1) is 0 Å². The molecule has 2 rings (SSSR count). The van der Waals surface area contributed by atoms with Crippen LogP contribution in [0.25, 0.3) is 0 Å². The Hall–Kier alpha value is -1.58. The Bertz CT molecular complexity index is 633. The highest BCUT2D eigenvalue weighted by atomic mass is 32.2. The molecule has 1 aliphatic rings. The molecule has 0 bridgehead atoms. The summed E-state index contributed by atoms with van der Waals surface area (Å²) < 4.78 is 0.499. The highest BCUT2D eigenvalue weighted by Gasteiger charge is 2.33. The SMILES string of the molecule is CC(C)(C)C(=O)C(C#N)=C1Sc2c(O)ccc(O)c2S1. The van der Waals surface area contributed by atoms with Crippen LogP contribution in [-0.4, -0.2) is 16.0 Å². The largest absolute Gasteiger partial charge is 0.507 e. The Labute approximate surface area is 125 Å². The third-order valence-electron chi connectivity index (χ3n) is 2.68. The second kappa shape index (κ2) is 5.08. The lowest BCUT2D eigenvalue weighted by atomic mass is 9.87. The first kappa shape index (κ1) is 14.8. The summed E-state index contributed by atoms with van der Waals surface area (Å²) in [5.74, 6) is -0.182. The fourth-order valence-corrected chi connectivity index (χ4v) is 4.12. The molecule has 6 heteroatoms. The summed E-state index contributed by atoms with van der Waals surface area (Å²) in [6.45, 7) is 5.25. The minimum atomic E-state index is -0.655. The number of allylic oxidation sites excluding steroid dienone is 1. The van der Waals surface area contributed by atoms with E-state index in [1.54, 1.807) is 20.8 Å². The number of Topliss-reactive ketones (excluding diaryl/α,β-unsaturated/α-hetero) is 1. The standard InChI is InChI=1S/C14H13NO3S2/c1-14(2,3)12(18)7(6-15)13-19-10-8(16)4-5-9(17)11(10)20-13/h4-5,16-17H,1-3H3. The summed E-state index contributed by atoms with van der Waals surface area (Å²) in [6.07, 6.45) is 0. The summed E-state index contributed by atoms with van der Waals surface area (Å²) in [5, 5.41) is 28.8. The lowest BCUT2D eigenvalue weighted by Crippen LogP contribution is -2.21. The van der Waals surface area contributed by atoms with Gasteiger partial charge < -0.3 is 10.2 Å². The van der Waals surface area contributed by atoms with Gasteiger partial charge in [0.15, 0.2) is 5.78 Å². The highest BCUT2D eigenvalue weighted by Crippen LogP contribution is 2.58. The molecule has 0 radical (unpaired) electrons. The molecule has 0 aliphatic carbocycles. The van der Waals surface area contributed by atoms with Crippen LogP contribution in [0.1, 0.15) is 20.8 Å². The van der Waals surface area contributed by atoms with Crippen molar-refractivity contribution in [1.82, 2.24) is 0 Å². The molecule has 0 atom stereocenters. The van der Waals surface area contributed by atoms with Crippen LogP contribution in [0, 0.1) is 16.7 Å². The number of fused-ring (bicyclic) bond motifs is 1. The molecule has 0 aromatic heterocycles. The monoisotopic (exact) mass is 307 g/mol. The number of hydrogen-bond donors (Lipinski definition) is 2. The van der Waals surface area contributed by atoms with Gasteiger partial charge in [0, 0.05) is 5.41 Å². The number of nitrogens with zero attached hydrogens (tertiary/aromatic N) is 1. The van der Waals surface area contributed by atoms with Crippen molar-refractivity contribution < 1.29 is 15.0 Å². The lowest BCUT2D eigenvalue weighted by molar-refractivity contribution is -0.122. The molecule has 1 heterocycles. The normalized spacial score (nSPS) is 13.8. The zero-order valence-electron chi connectivity index (χ0n) is 11.2. The van der Waals surface area contributed by atoms with E-state index in [2.05, 4.69) is 0 Å². The zero-order chi connectivity index (χ0) is 15.1. The Morgan fingerprint density at radius 1 is 1.15 bits per heavy atom. The second-order valence-electron chi connectivity index (χ2n) is 5.32. The number of phenolic OH excluding ortho intramolecular Hbond substituents is 2. The molecule has 0 saturated heterocycles. The van der Waals surface area contributed by atoms with Crippen molar-refractivity contribution in [3.8, 4) is 17.6 Å². The number of ketones is 1. The first-order chi connectivity index (χ1) is 9.25. The van der Waals surface area contributed by atoms with Gasteiger partial charge in [0.1, 0.15) is 23.1 Å². The van der Waals surface area contributed by atoms with Crippen LogP contribution < -0.4 is 0 Å². The molecule has 0 spiro atoms. The number of hydrogen-bond acceptors (Lipinski definition) is 6. The summed E-state index contributed by atoms with van der Waals surface area (Å²) in [5.41, 5.74) is -0.583. The van der Waals surface area contributed by atoms with E-state index >= 15 is 0 Å². The van der Waals surface area contributed by atoms with Crippen LogP contribution in [0.4, 0.5) is 0 Å². The number of benzene rings is 1. The molecular formula is C14H13NO3S2. The maximum atomic E-state index is 12.3. The van der Waals surface area contributed by atoms with Crippen molar-refractivity contribution in [2.75, 3.05) is 0 Å². The Balaban J connectivity index is 2.50. The number of carbonyl (C=O) groups excluding carboxylic acids is 1. The first-order valence-corrected chi connectivity index (χ1v) is 7.49. The molecule has 0 saturated carbocycles. The van der Waals surface area contributed by atoms with Crippen molar-refractivity contribution in [2.24, 2.45) is 5.41 Å². The van der Waals surface area contributed by atoms with Crippen molar-refractivity contribution >= 4 is 29.3 Å².